The maximum Gasteiger partial charge on any atom is 0.253 e. The summed E-state index contributed by atoms with van der Waals surface area (Å²) in [4.78, 5) is 17.6. The smallest absolute Gasteiger partial charge is 0.253 e. The van der Waals surface area contributed by atoms with Crippen LogP contribution in [0.4, 0.5) is 0 Å². The molecule has 1 atom stereocenters. The van der Waals surface area contributed by atoms with E-state index in [1.165, 1.54) is 0 Å². The van der Waals surface area contributed by atoms with Crippen LogP contribution in [0.3, 0.4) is 0 Å². The summed E-state index contributed by atoms with van der Waals surface area (Å²) in [5.41, 5.74) is 1.82. The predicted octanol–water partition coefficient (Wildman–Crippen LogP) is 2.81. The van der Waals surface area contributed by atoms with Crippen molar-refractivity contribution in [2.75, 3.05) is 19.7 Å². The lowest BCUT2D eigenvalue weighted by Gasteiger charge is -2.32. The van der Waals surface area contributed by atoms with Gasteiger partial charge in [0.25, 0.3) is 5.91 Å². The number of aromatic nitrogens is 1. The number of benzene rings is 1. The van der Waals surface area contributed by atoms with E-state index in [1.54, 1.807) is 0 Å². The van der Waals surface area contributed by atoms with Gasteiger partial charge in [-0.1, -0.05) is 0 Å². The van der Waals surface area contributed by atoms with Crippen LogP contribution < -0.4 is 0 Å². The lowest BCUT2D eigenvalue weighted by molar-refractivity contribution is 0.00725. The highest BCUT2D eigenvalue weighted by atomic mass is 16.5. The number of carbonyl (C=O) groups is 1. The van der Waals surface area contributed by atoms with Gasteiger partial charge in [0.2, 0.25) is 0 Å². The number of hydrogen-bond acceptors (Lipinski definition) is 2. The van der Waals surface area contributed by atoms with Crippen molar-refractivity contribution in [2.24, 2.45) is 0 Å². The van der Waals surface area contributed by atoms with Crippen LogP contribution in [0.2, 0.25) is 0 Å². The standard InChI is InChI=1S/C16H20N2O2/c1-2-20-14-4-3-9-18(11-14)16(19)13-5-6-15-12(10-13)7-8-17-15/h5-8,10,14,17H,2-4,9,11H2,1H3. The summed E-state index contributed by atoms with van der Waals surface area (Å²) >= 11 is 0. The molecule has 0 saturated carbocycles. The molecule has 0 aliphatic carbocycles. The molecule has 0 bridgehead atoms. The topological polar surface area (TPSA) is 45.3 Å². The lowest BCUT2D eigenvalue weighted by Crippen LogP contribution is -2.43. The van der Waals surface area contributed by atoms with Crippen LogP contribution in [0, 0.1) is 0 Å². The Hall–Kier alpha value is -1.81. The number of rotatable bonds is 3. The number of fused-ring (bicyclic) bond motifs is 1. The first-order valence-electron chi connectivity index (χ1n) is 7.26. The molecule has 1 aromatic carbocycles. The van der Waals surface area contributed by atoms with Crippen LogP contribution in [0.5, 0.6) is 0 Å². The molecule has 106 valence electrons. The SMILES string of the molecule is CCOC1CCCN(C(=O)c2ccc3[nH]ccc3c2)C1. The van der Waals surface area contributed by atoms with Gasteiger partial charge in [0.05, 0.1) is 6.10 Å². The number of aromatic amines is 1. The second-order valence-electron chi connectivity index (χ2n) is 5.25. The summed E-state index contributed by atoms with van der Waals surface area (Å²) in [5, 5.41) is 1.08. The Morgan fingerprint density at radius 2 is 2.35 bits per heavy atom. The summed E-state index contributed by atoms with van der Waals surface area (Å²) in [6.45, 7) is 4.24. The zero-order chi connectivity index (χ0) is 13.9. The van der Waals surface area contributed by atoms with Crippen LogP contribution in [0.1, 0.15) is 30.1 Å². The summed E-state index contributed by atoms with van der Waals surface area (Å²) in [5.74, 6) is 0.109. The van der Waals surface area contributed by atoms with Crippen molar-refractivity contribution in [1.29, 1.82) is 0 Å². The molecule has 20 heavy (non-hydrogen) atoms. The highest BCUT2D eigenvalue weighted by molar-refractivity contribution is 5.98. The van der Waals surface area contributed by atoms with Crippen LogP contribution in [0.15, 0.2) is 30.5 Å². The van der Waals surface area contributed by atoms with Gasteiger partial charge in [-0.3, -0.25) is 4.79 Å². The van der Waals surface area contributed by atoms with Crippen LogP contribution in [0.25, 0.3) is 10.9 Å². The minimum Gasteiger partial charge on any atom is -0.377 e. The first-order valence-corrected chi connectivity index (χ1v) is 7.26. The average molecular weight is 272 g/mol. The second-order valence-corrected chi connectivity index (χ2v) is 5.25. The normalized spacial score (nSPS) is 19.4. The molecule has 1 N–H and O–H groups in total. The molecular weight excluding hydrogens is 252 g/mol. The maximum atomic E-state index is 12.6. The zero-order valence-corrected chi connectivity index (χ0v) is 11.8. The Balaban J connectivity index is 1.77. The lowest BCUT2D eigenvalue weighted by atomic mass is 10.1. The van der Waals surface area contributed by atoms with Crippen molar-refractivity contribution < 1.29 is 9.53 Å². The summed E-state index contributed by atoms with van der Waals surface area (Å²) in [6, 6.07) is 7.81. The minimum absolute atomic E-state index is 0.109. The van der Waals surface area contributed by atoms with Gasteiger partial charge in [-0.25, -0.2) is 0 Å². The van der Waals surface area contributed by atoms with Gasteiger partial charge >= 0.3 is 0 Å². The van der Waals surface area contributed by atoms with Crippen molar-refractivity contribution in [3.05, 3.63) is 36.0 Å². The monoisotopic (exact) mass is 272 g/mol. The fourth-order valence-corrected chi connectivity index (χ4v) is 2.86. The maximum absolute atomic E-state index is 12.6. The van der Waals surface area contributed by atoms with Gasteiger partial charge in [-0.05, 0) is 44.0 Å². The molecule has 1 fully saturated rings. The molecule has 4 nitrogen and oxygen atoms in total. The number of piperidine rings is 1. The van der Waals surface area contributed by atoms with E-state index in [9.17, 15) is 4.79 Å². The third-order valence-corrected chi connectivity index (χ3v) is 3.87. The molecule has 1 amide bonds. The summed E-state index contributed by atoms with van der Waals surface area (Å²) < 4.78 is 5.66. The Morgan fingerprint density at radius 3 is 3.20 bits per heavy atom. The van der Waals surface area contributed by atoms with Crippen LogP contribution in [-0.2, 0) is 4.74 Å². The van der Waals surface area contributed by atoms with E-state index in [0.717, 1.165) is 35.9 Å². The van der Waals surface area contributed by atoms with Gasteiger partial charge < -0.3 is 14.6 Å². The van der Waals surface area contributed by atoms with Crippen molar-refractivity contribution in [1.82, 2.24) is 9.88 Å². The number of amides is 1. The highest BCUT2D eigenvalue weighted by Gasteiger charge is 2.24. The predicted molar refractivity (Wildman–Crippen MR) is 78.9 cm³/mol. The van der Waals surface area contributed by atoms with Gasteiger partial charge in [0.1, 0.15) is 0 Å². The Kier molecular flexibility index (Phi) is 3.74. The van der Waals surface area contributed by atoms with Crippen molar-refractivity contribution in [3.8, 4) is 0 Å². The van der Waals surface area contributed by atoms with Gasteiger partial charge in [0.15, 0.2) is 0 Å². The number of nitrogens with zero attached hydrogens (tertiary/aromatic N) is 1. The number of ether oxygens (including phenoxy) is 1. The molecule has 2 heterocycles. The molecule has 3 rings (SSSR count). The van der Waals surface area contributed by atoms with Crippen molar-refractivity contribution in [3.63, 3.8) is 0 Å². The van der Waals surface area contributed by atoms with E-state index in [2.05, 4.69) is 4.98 Å². The highest BCUT2D eigenvalue weighted by Crippen LogP contribution is 2.19. The minimum atomic E-state index is 0.109. The molecule has 1 unspecified atom stereocenters. The van der Waals surface area contributed by atoms with Crippen molar-refractivity contribution >= 4 is 16.8 Å². The molecule has 0 radical (unpaired) electrons. The molecular formula is C16H20N2O2. The Labute approximate surface area is 118 Å². The molecule has 1 aliphatic rings. The largest absolute Gasteiger partial charge is 0.377 e. The number of likely N-dealkylation sites (tertiary alicyclic amines) is 1. The van der Waals surface area contributed by atoms with Gasteiger partial charge in [-0.15, -0.1) is 0 Å². The van der Waals surface area contributed by atoms with Gasteiger partial charge in [-0.2, -0.15) is 0 Å². The fourth-order valence-electron chi connectivity index (χ4n) is 2.86. The van der Waals surface area contributed by atoms with Crippen LogP contribution >= 0.6 is 0 Å². The Bertz CT molecular complexity index is 603. The molecule has 2 aromatic rings. The zero-order valence-electron chi connectivity index (χ0n) is 11.8. The van der Waals surface area contributed by atoms with E-state index in [0.29, 0.717) is 13.2 Å². The number of nitrogens with one attached hydrogen (secondary N) is 1. The molecule has 4 heteroatoms. The number of hydrogen-bond donors (Lipinski definition) is 1. The van der Waals surface area contributed by atoms with E-state index >= 15 is 0 Å². The van der Waals surface area contributed by atoms with Crippen LogP contribution in [-0.4, -0.2) is 41.6 Å². The van der Waals surface area contributed by atoms with E-state index in [4.69, 9.17) is 4.74 Å². The molecule has 0 spiro atoms. The van der Waals surface area contributed by atoms with E-state index < -0.39 is 0 Å². The second kappa shape index (κ2) is 5.67. The van der Waals surface area contributed by atoms with E-state index in [1.807, 2.05) is 42.3 Å². The van der Waals surface area contributed by atoms with Gasteiger partial charge in [0, 0.05) is 42.4 Å². The summed E-state index contributed by atoms with van der Waals surface area (Å²) in [6.07, 6.45) is 4.15. The summed E-state index contributed by atoms with van der Waals surface area (Å²) in [7, 11) is 0. The average Bonchev–Trinajstić information content (AvgIpc) is 2.94. The molecule has 1 saturated heterocycles. The third kappa shape index (κ3) is 2.56. The first-order chi connectivity index (χ1) is 9.78. The van der Waals surface area contributed by atoms with Crippen molar-refractivity contribution in [2.45, 2.75) is 25.9 Å². The number of H-pyrrole nitrogens is 1. The first kappa shape index (κ1) is 13.2. The third-order valence-electron chi connectivity index (χ3n) is 3.87. The Morgan fingerprint density at radius 1 is 1.45 bits per heavy atom. The molecule has 1 aromatic heterocycles. The molecule has 1 aliphatic heterocycles. The quantitative estimate of drug-likeness (QED) is 0.933. The number of carbonyl (C=O) groups excluding carboxylic acids is 1. The fraction of sp³-hybridized carbons (Fsp3) is 0.438. The van der Waals surface area contributed by atoms with E-state index in [-0.39, 0.29) is 12.0 Å².